The van der Waals surface area contributed by atoms with Crippen molar-refractivity contribution >= 4 is 17.7 Å². The molecule has 2 fully saturated rings. The van der Waals surface area contributed by atoms with Crippen LogP contribution in [0.3, 0.4) is 0 Å². The van der Waals surface area contributed by atoms with E-state index in [0.29, 0.717) is 29.3 Å². The fourth-order valence-electron chi connectivity index (χ4n) is 3.20. The molecule has 0 saturated heterocycles. The zero-order chi connectivity index (χ0) is 16.4. The summed E-state index contributed by atoms with van der Waals surface area (Å²) in [4.78, 5) is 20.3. The van der Waals surface area contributed by atoms with Crippen molar-refractivity contribution in [2.45, 2.75) is 63.6 Å². The molecule has 2 aliphatic rings. The molecule has 23 heavy (non-hydrogen) atoms. The summed E-state index contributed by atoms with van der Waals surface area (Å²) in [7, 11) is 0. The van der Waals surface area contributed by atoms with Gasteiger partial charge in [-0.05, 0) is 44.4 Å². The Hall–Kier alpha value is -1.89. The Morgan fingerprint density at radius 1 is 1.22 bits per heavy atom. The second-order valence-electron chi connectivity index (χ2n) is 6.78. The number of aliphatic hydroxyl groups excluding tert-OH is 1. The van der Waals surface area contributed by atoms with Crippen LogP contribution in [0, 0.1) is 5.92 Å². The molecule has 2 atom stereocenters. The van der Waals surface area contributed by atoms with E-state index in [0.717, 1.165) is 32.1 Å². The van der Waals surface area contributed by atoms with E-state index in [1.165, 1.54) is 12.6 Å². The molecule has 5 N–H and O–H groups in total. The SMILES string of the molecule is CC1CCC1Nc1nc(N[C@H]2CC[C@H](O)CC2)ncc1C(N)=O. The van der Waals surface area contributed by atoms with E-state index < -0.39 is 5.91 Å². The van der Waals surface area contributed by atoms with Crippen molar-refractivity contribution < 1.29 is 9.90 Å². The minimum Gasteiger partial charge on any atom is -0.393 e. The van der Waals surface area contributed by atoms with Crippen LogP contribution in [-0.2, 0) is 0 Å². The van der Waals surface area contributed by atoms with Crippen molar-refractivity contribution in [2.24, 2.45) is 11.7 Å². The smallest absolute Gasteiger partial charge is 0.254 e. The topological polar surface area (TPSA) is 113 Å². The van der Waals surface area contributed by atoms with Gasteiger partial charge >= 0.3 is 0 Å². The van der Waals surface area contributed by atoms with Crippen LogP contribution >= 0.6 is 0 Å². The van der Waals surface area contributed by atoms with Gasteiger partial charge in [0, 0.05) is 18.3 Å². The molecule has 1 aromatic heterocycles. The molecule has 1 aromatic rings. The number of nitrogens with one attached hydrogen (secondary N) is 2. The normalized spacial score (nSPS) is 30.3. The van der Waals surface area contributed by atoms with Gasteiger partial charge in [-0.2, -0.15) is 4.98 Å². The first-order chi connectivity index (χ1) is 11.0. The molecule has 7 nitrogen and oxygen atoms in total. The monoisotopic (exact) mass is 319 g/mol. The lowest BCUT2D eigenvalue weighted by Gasteiger charge is -2.35. The zero-order valence-corrected chi connectivity index (χ0v) is 13.5. The van der Waals surface area contributed by atoms with Crippen LogP contribution in [-0.4, -0.2) is 39.2 Å². The molecule has 0 aliphatic heterocycles. The van der Waals surface area contributed by atoms with E-state index >= 15 is 0 Å². The Balaban J connectivity index is 1.72. The van der Waals surface area contributed by atoms with Crippen molar-refractivity contribution in [2.75, 3.05) is 10.6 Å². The highest BCUT2D eigenvalue weighted by atomic mass is 16.3. The molecule has 2 unspecified atom stereocenters. The predicted octanol–water partition coefficient (Wildman–Crippen LogP) is 1.50. The van der Waals surface area contributed by atoms with Crippen molar-refractivity contribution in [3.63, 3.8) is 0 Å². The second kappa shape index (κ2) is 6.70. The third kappa shape index (κ3) is 3.72. The van der Waals surface area contributed by atoms with Crippen LogP contribution in [0.4, 0.5) is 11.8 Å². The largest absolute Gasteiger partial charge is 0.393 e. The van der Waals surface area contributed by atoms with Crippen LogP contribution in [0.2, 0.25) is 0 Å². The Labute approximate surface area is 136 Å². The number of anilines is 2. The standard InChI is InChI=1S/C16H25N5O2/c1-9-2-7-13(9)20-15-12(14(17)23)8-18-16(21-15)19-10-3-5-11(22)6-4-10/h8-11,13,22H,2-7H2,1H3,(H2,17,23)(H2,18,19,20,21)/t9?,10-,11-,13?. The highest BCUT2D eigenvalue weighted by Gasteiger charge is 2.28. The average molecular weight is 319 g/mol. The quantitative estimate of drug-likeness (QED) is 0.654. The summed E-state index contributed by atoms with van der Waals surface area (Å²) in [5.74, 6) is 1.07. The first kappa shape index (κ1) is 16.0. The molecular weight excluding hydrogens is 294 g/mol. The molecule has 7 heteroatoms. The summed E-state index contributed by atoms with van der Waals surface area (Å²) in [5.41, 5.74) is 5.75. The first-order valence-corrected chi connectivity index (χ1v) is 8.41. The van der Waals surface area contributed by atoms with E-state index in [4.69, 9.17) is 5.73 Å². The fourth-order valence-corrected chi connectivity index (χ4v) is 3.20. The number of aromatic nitrogens is 2. The minimum absolute atomic E-state index is 0.191. The van der Waals surface area contributed by atoms with E-state index in [1.807, 2.05) is 0 Å². The fraction of sp³-hybridized carbons (Fsp3) is 0.688. The summed E-state index contributed by atoms with van der Waals surface area (Å²) < 4.78 is 0. The molecule has 2 saturated carbocycles. The van der Waals surface area contributed by atoms with Gasteiger partial charge in [0.15, 0.2) is 0 Å². The van der Waals surface area contributed by atoms with E-state index in [9.17, 15) is 9.90 Å². The lowest BCUT2D eigenvalue weighted by Crippen LogP contribution is -2.37. The van der Waals surface area contributed by atoms with Crippen molar-refractivity contribution in [3.05, 3.63) is 11.8 Å². The molecule has 126 valence electrons. The van der Waals surface area contributed by atoms with Gasteiger partial charge < -0.3 is 21.5 Å². The number of rotatable bonds is 5. The van der Waals surface area contributed by atoms with E-state index in [-0.39, 0.29) is 12.1 Å². The predicted molar refractivity (Wildman–Crippen MR) is 88.2 cm³/mol. The highest BCUT2D eigenvalue weighted by molar-refractivity contribution is 5.97. The van der Waals surface area contributed by atoms with Crippen LogP contribution in [0.5, 0.6) is 0 Å². The summed E-state index contributed by atoms with van der Waals surface area (Å²) in [6.07, 6.45) is 6.93. The van der Waals surface area contributed by atoms with Crippen LogP contribution in [0.15, 0.2) is 6.20 Å². The second-order valence-corrected chi connectivity index (χ2v) is 6.78. The number of nitrogens with zero attached hydrogens (tertiary/aromatic N) is 2. The molecule has 1 amide bonds. The van der Waals surface area contributed by atoms with Crippen LogP contribution < -0.4 is 16.4 Å². The van der Waals surface area contributed by atoms with Gasteiger partial charge in [0.05, 0.1) is 11.7 Å². The van der Waals surface area contributed by atoms with Gasteiger partial charge in [-0.1, -0.05) is 6.92 Å². The lowest BCUT2D eigenvalue weighted by molar-refractivity contribution is 0.1000. The number of amides is 1. The number of carbonyl (C=O) groups is 1. The maximum absolute atomic E-state index is 11.6. The van der Waals surface area contributed by atoms with Gasteiger partial charge in [-0.15, -0.1) is 0 Å². The van der Waals surface area contributed by atoms with Gasteiger partial charge in [-0.3, -0.25) is 4.79 Å². The number of primary amides is 1. The molecule has 1 heterocycles. The Morgan fingerprint density at radius 3 is 2.52 bits per heavy atom. The number of carbonyl (C=O) groups excluding carboxylic acids is 1. The van der Waals surface area contributed by atoms with Crippen molar-refractivity contribution in [1.82, 2.24) is 9.97 Å². The van der Waals surface area contributed by atoms with Gasteiger partial charge in [-0.25, -0.2) is 4.98 Å². The number of hydrogen-bond donors (Lipinski definition) is 4. The third-order valence-electron chi connectivity index (χ3n) is 5.03. The molecule has 0 aromatic carbocycles. The summed E-state index contributed by atoms with van der Waals surface area (Å²) in [6.45, 7) is 2.18. The maximum Gasteiger partial charge on any atom is 0.254 e. The molecule has 0 spiro atoms. The Kier molecular flexibility index (Phi) is 4.66. The van der Waals surface area contributed by atoms with Gasteiger partial charge in [0.1, 0.15) is 5.82 Å². The molecule has 2 aliphatic carbocycles. The Morgan fingerprint density at radius 2 is 1.96 bits per heavy atom. The minimum atomic E-state index is -0.521. The van der Waals surface area contributed by atoms with Crippen molar-refractivity contribution in [3.8, 4) is 0 Å². The van der Waals surface area contributed by atoms with E-state index in [2.05, 4.69) is 27.5 Å². The first-order valence-electron chi connectivity index (χ1n) is 8.41. The molecular formula is C16H25N5O2. The Bertz CT molecular complexity index is 572. The number of hydrogen-bond acceptors (Lipinski definition) is 6. The highest BCUT2D eigenvalue weighted by Crippen LogP contribution is 2.30. The molecule has 0 radical (unpaired) electrons. The third-order valence-corrected chi connectivity index (χ3v) is 5.03. The summed E-state index contributed by atoms with van der Waals surface area (Å²) >= 11 is 0. The van der Waals surface area contributed by atoms with Crippen molar-refractivity contribution in [1.29, 1.82) is 0 Å². The van der Waals surface area contributed by atoms with Crippen LogP contribution in [0.1, 0.15) is 55.8 Å². The molecule has 3 rings (SSSR count). The number of nitrogens with two attached hydrogens (primary N) is 1. The average Bonchev–Trinajstić information content (AvgIpc) is 2.53. The van der Waals surface area contributed by atoms with Gasteiger partial charge in [0.2, 0.25) is 5.95 Å². The maximum atomic E-state index is 11.6. The van der Waals surface area contributed by atoms with E-state index in [1.54, 1.807) is 0 Å². The summed E-state index contributed by atoms with van der Waals surface area (Å²) in [6, 6.07) is 0.592. The van der Waals surface area contributed by atoms with Gasteiger partial charge in [0.25, 0.3) is 5.91 Å². The summed E-state index contributed by atoms with van der Waals surface area (Å²) in [5, 5.41) is 16.2. The molecule has 0 bridgehead atoms. The zero-order valence-electron chi connectivity index (χ0n) is 13.5. The lowest BCUT2D eigenvalue weighted by atomic mass is 9.81. The van der Waals surface area contributed by atoms with Crippen LogP contribution in [0.25, 0.3) is 0 Å². The number of aliphatic hydroxyl groups is 1.